The van der Waals surface area contributed by atoms with Gasteiger partial charge in [0.05, 0.1) is 12.0 Å². The predicted molar refractivity (Wildman–Crippen MR) is 65.5 cm³/mol. The fraction of sp³-hybridized carbons (Fsp3) is 0.538. The highest BCUT2D eigenvalue weighted by Crippen LogP contribution is 2.22. The molecule has 16 heavy (non-hydrogen) atoms. The summed E-state index contributed by atoms with van der Waals surface area (Å²) in [7, 11) is 0. The molecule has 0 saturated carbocycles. The smallest absolute Gasteiger partial charge is 0.150 e. The molecule has 1 aliphatic heterocycles. The van der Waals surface area contributed by atoms with Crippen LogP contribution in [0.2, 0.25) is 0 Å². The lowest BCUT2D eigenvalue weighted by Gasteiger charge is -2.39. The molecular weight excluding hydrogens is 200 g/mol. The summed E-state index contributed by atoms with van der Waals surface area (Å²) in [6, 6.07) is 4.91. The zero-order valence-electron chi connectivity index (χ0n) is 10.1. The topological polar surface area (TPSA) is 28.4 Å². The lowest BCUT2D eigenvalue weighted by Crippen LogP contribution is -2.51. The molecule has 1 aromatic rings. The Morgan fingerprint density at radius 1 is 1.44 bits per heavy atom. The number of rotatable bonds is 3. The largest absolute Gasteiger partial charge is 0.463 e. The minimum Gasteiger partial charge on any atom is -0.463 e. The van der Waals surface area contributed by atoms with Gasteiger partial charge < -0.3 is 9.84 Å². The van der Waals surface area contributed by atoms with Crippen molar-refractivity contribution in [3.63, 3.8) is 0 Å². The first-order valence-electron chi connectivity index (χ1n) is 5.96. The molecule has 0 aliphatic carbocycles. The normalized spacial score (nSPS) is 26.6. The second-order valence-electron chi connectivity index (χ2n) is 4.60. The van der Waals surface area contributed by atoms with Crippen LogP contribution in [0.5, 0.6) is 0 Å². The number of nitrogens with one attached hydrogen (secondary N) is 1. The van der Waals surface area contributed by atoms with Crippen molar-refractivity contribution >= 4 is 5.70 Å². The van der Waals surface area contributed by atoms with Crippen LogP contribution in [0.1, 0.15) is 38.9 Å². The van der Waals surface area contributed by atoms with Crippen LogP contribution in [0.3, 0.4) is 0 Å². The van der Waals surface area contributed by atoms with Gasteiger partial charge in [-0.15, -0.1) is 0 Å². The maximum Gasteiger partial charge on any atom is 0.150 e. The maximum absolute atomic E-state index is 5.32. The highest BCUT2D eigenvalue weighted by Gasteiger charge is 2.25. The summed E-state index contributed by atoms with van der Waals surface area (Å²) >= 11 is 0. The molecule has 1 aromatic heterocycles. The molecule has 0 amide bonds. The van der Waals surface area contributed by atoms with Crippen LogP contribution < -0.4 is 5.43 Å². The third-order valence-corrected chi connectivity index (χ3v) is 3.28. The first-order chi connectivity index (χ1) is 7.68. The Hall–Kier alpha value is -1.22. The standard InChI is InChI=1S/C13H20N2O/c1-10-6-4-7-11(2)15(10)14-12(3)13-8-5-9-16-13/h5,8-11,14H,3-4,6-7H2,1-2H3/t10-,11+. The van der Waals surface area contributed by atoms with Crippen molar-refractivity contribution in [2.45, 2.75) is 45.2 Å². The molecule has 1 N–H and O–H groups in total. The second kappa shape index (κ2) is 4.74. The van der Waals surface area contributed by atoms with E-state index in [1.807, 2.05) is 12.1 Å². The number of hydrazine groups is 1. The van der Waals surface area contributed by atoms with Crippen molar-refractivity contribution in [2.75, 3.05) is 0 Å². The molecule has 0 spiro atoms. The van der Waals surface area contributed by atoms with Crippen molar-refractivity contribution in [3.8, 4) is 0 Å². The maximum atomic E-state index is 5.32. The van der Waals surface area contributed by atoms with E-state index in [1.165, 1.54) is 19.3 Å². The Labute approximate surface area is 97.1 Å². The molecule has 1 fully saturated rings. The van der Waals surface area contributed by atoms with Gasteiger partial charge in [-0.1, -0.05) is 13.0 Å². The minimum absolute atomic E-state index is 0.551. The quantitative estimate of drug-likeness (QED) is 0.848. The summed E-state index contributed by atoms with van der Waals surface area (Å²) in [6.45, 7) is 8.51. The summed E-state index contributed by atoms with van der Waals surface area (Å²) in [5.41, 5.74) is 4.20. The molecule has 0 aromatic carbocycles. The monoisotopic (exact) mass is 220 g/mol. The number of furan rings is 1. The van der Waals surface area contributed by atoms with E-state index < -0.39 is 0 Å². The van der Waals surface area contributed by atoms with Gasteiger partial charge >= 0.3 is 0 Å². The van der Waals surface area contributed by atoms with Gasteiger partial charge in [0.25, 0.3) is 0 Å². The van der Waals surface area contributed by atoms with E-state index in [-0.39, 0.29) is 0 Å². The van der Waals surface area contributed by atoms with Crippen molar-refractivity contribution in [1.82, 2.24) is 10.4 Å². The third-order valence-electron chi connectivity index (χ3n) is 3.28. The van der Waals surface area contributed by atoms with Crippen molar-refractivity contribution in [2.24, 2.45) is 0 Å². The molecule has 2 rings (SSSR count). The molecular formula is C13H20N2O. The van der Waals surface area contributed by atoms with Gasteiger partial charge in [0.1, 0.15) is 5.76 Å². The average molecular weight is 220 g/mol. The zero-order chi connectivity index (χ0) is 11.5. The lowest BCUT2D eigenvalue weighted by atomic mass is 10.00. The molecule has 2 atom stereocenters. The molecule has 3 heteroatoms. The molecule has 1 aliphatic rings. The fourth-order valence-corrected chi connectivity index (χ4v) is 2.30. The Morgan fingerprint density at radius 2 is 2.12 bits per heavy atom. The first kappa shape index (κ1) is 11.3. The Morgan fingerprint density at radius 3 is 2.69 bits per heavy atom. The van der Waals surface area contributed by atoms with Gasteiger partial charge in [-0.3, -0.25) is 0 Å². The average Bonchev–Trinajstić information content (AvgIpc) is 2.76. The summed E-state index contributed by atoms with van der Waals surface area (Å²) in [5.74, 6) is 0.810. The zero-order valence-corrected chi connectivity index (χ0v) is 10.1. The minimum atomic E-state index is 0.551. The van der Waals surface area contributed by atoms with E-state index in [0.717, 1.165) is 11.5 Å². The van der Waals surface area contributed by atoms with Crippen LogP contribution in [-0.4, -0.2) is 17.1 Å². The Kier molecular flexibility index (Phi) is 3.34. The molecule has 1 saturated heterocycles. The lowest BCUT2D eigenvalue weighted by molar-refractivity contribution is 0.0694. The van der Waals surface area contributed by atoms with E-state index in [0.29, 0.717) is 12.1 Å². The van der Waals surface area contributed by atoms with Gasteiger partial charge in [0.15, 0.2) is 0 Å². The van der Waals surface area contributed by atoms with Crippen molar-refractivity contribution < 1.29 is 4.42 Å². The summed E-state index contributed by atoms with van der Waals surface area (Å²) in [6.07, 6.45) is 5.46. The Balaban J connectivity index is 2.00. The molecule has 2 heterocycles. The molecule has 0 radical (unpaired) electrons. The second-order valence-corrected chi connectivity index (χ2v) is 4.60. The molecule has 3 nitrogen and oxygen atoms in total. The van der Waals surface area contributed by atoms with E-state index in [2.05, 4.69) is 30.9 Å². The van der Waals surface area contributed by atoms with Crippen LogP contribution in [0.15, 0.2) is 29.4 Å². The number of hydrogen-bond donors (Lipinski definition) is 1. The number of piperidine rings is 1. The van der Waals surface area contributed by atoms with Crippen molar-refractivity contribution in [1.29, 1.82) is 0 Å². The predicted octanol–water partition coefficient (Wildman–Crippen LogP) is 3.02. The first-order valence-corrected chi connectivity index (χ1v) is 5.96. The molecule has 0 bridgehead atoms. The number of hydrogen-bond acceptors (Lipinski definition) is 3. The fourth-order valence-electron chi connectivity index (χ4n) is 2.30. The highest BCUT2D eigenvalue weighted by molar-refractivity contribution is 5.55. The molecule has 88 valence electrons. The van der Waals surface area contributed by atoms with Crippen LogP contribution in [-0.2, 0) is 0 Å². The molecule has 0 unspecified atom stereocenters. The highest BCUT2D eigenvalue weighted by atomic mass is 16.3. The Bertz CT molecular complexity index is 335. The summed E-state index contributed by atoms with van der Waals surface area (Å²) < 4.78 is 5.32. The van der Waals surface area contributed by atoms with Crippen molar-refractivity contribution in [3.05, 3.63) is 30.7 Å². The van der Waals surface area contributed by atoms with Crippen LogP contribution in [0, 0.1) is 0 Å². The summed E-state index contributed by atoms with van der Waals surface area (Å²) in [5, 5.41) is 2.29. The third kappa shape index (κ3) is 2.30. The van der Waals surface area contributed by atoms with Gasteiger partial charge in [-0.25, -0.2) is 5.01 Å². The SMILES string of the molecule is C=C(NN1[C@H](C)CCC[C@@H]1C)c1ccco1. The van der Waals surface area contributed by atoms with E-state index >= 15 is 0 Å². The van der Waals surface area contributed by atoms with Gasteiger partial charge in [0.2, 0.25) is 0 Å². The van der Waals surface area contributed by atoms with Gasteiger partial charge in [-0.2, -0.15) is 0 Å². The van der Waals surface area contributed by atoms with E-state index in [4.69, 9.17) is 4.42 Å². The van der Waals surface area contributed by atoms with Crippen LogP contribution in [0.25, 0.3) is 5.70 Å². The van der Waals surface area contributed by atoms with Crippen LogP contribution >= 0.6 is 0 Å². The summed E-state index contributed by atoms with van der Waals surface area (Å²) in [4.78, 5) is 0. The van der Waals surface area contributed by atoms with Gasteiger partial charge in [-0.05, 0) is 38.8 Å². The number of nitrogens with zero attached hydrogens (tertiary/aromatic N) is 1. The van der Waals surface area contributed by atoms with E-state index in [9.17, 15) is 0 Å². The van der Waals surface area contributed by atoms with Gasteiger partial charge in [0, 0.05) is 12.1 Å². The van der Waals surface area contributed by atoms with E-state index in [1.54, 1.807) is 6.26 Å². The van der Waals surface area contributed by atoms with Crippen LogP contribution in [0.4, 0.5) is 0 Å².